The second kappa shape index (κ2) is 11.1. The van der Waals surface area contributed by atoms with Crippen molar-refractivity contribution >= 4 is 28.3 Å². The number of carboxylic acids is 1. The molecule has 42 heavy (non-hydrogen) atoms. The molecule has 0 spiro atoms. The molecule has 216 valence electrons. The topological polar surface area (TPSA) is 141 Å². The fourth-order valence-corrected chi connectivity index (χ4v) is 5.89. The number of aromatic carboxylic acids is 1. The maximum Gasteiger partial charge on any atom is 0.355 e. The molecule has 1 aliphatic carbocycles. The van der Waals surface area contributed by atoms with Gasteiger partial charge in [0.1, 0.15) is 22.6 Å². The van der Waals surface area contributed by atoms with Gasteiger partial charge in [0.15, 0.2) is 11.3 Å². The van der Waals surface area contributed by atoms with Gasteiger partial charge in [-0.3, -0.25) is 0 Å². The predicted molar refractivity (Wildman–Crippen MR) is 150 cm³/mol. The molecule has 1 saturated heterocycles. The van der Waals surface area contributed by atoms with E-state index in [1.165, 1.54) is 29.6 Å². The van der Waals surface area contributed by atoms with E-state index < -0.39 is 34.2 Å². The molecule has 2 aromatic heterocycles. The van der Waals surface area contributed by atoms with Crippen molar-refractivity contribution in [3.63, 3.8) is 0 Å². The lowest BCUT2D eigenvalue weighted by molar-refractivity contribution is -0.140. The molecule has 1 saturated carbocycles. The van der Waals surface area contributed by atoms with Gasteiger partial charge in [0.05, 0.1) is 35.1 Å². The Hall–Kier alpha value is -3.80. The smallest absolute Gasteiger partial charge is 0.355 e. The molecule has 1 unspecified atom stereocenters. The summed E-state index contributed by atoms with van der Waals surface area (Å²) in [5, 5.41) is 31.8. The van der Waals surface area contributed by atoms with Crippen LogP contribution in [0.5, 0.6) is 0 Å². The van der Waals surface area contributed by atoms with E-state index in [0.29, 0.717) is 34.3 Å². The SMILES string of the molecule is NS(=O)c1ccc(Cc2c(-c3ccc(F)c(C#CC4(O)COC4)c3)nn(-c3nc(C(=O)O)cs3)c2CC2CC2)cc1F. The number of nitrogens with zero attached hydrogens (tertiary/aromatic N) is 3. The van der Waals surface area contributed by atoms with Crippen molar-refractivity contribution in [2.24, 2.45) is 11.1 Å². The number of thiazole rings is 1. The van der Waals surface area contributed by atoms with Gasteiger partial charge in [-0.25, -0.2) is 32.6 Å². The third-order valence-corrected chi connectivity index (χ3v) is 8.69. The molecule has 4 N–H and O–H groups in total. The minimum absolute atomic E-state index is 0.0413. The summed E-state index contributed by atoms with van der Waals surface area (Å²) in [4.78, 5) is 15.7. The van der Waals surface area contributed by atoms with Crippen molar-refractivity contribution in [3.8, 4) is 28.2 Å². The molecule has 13 heteroatoms. The molecular weight excluding hydrogens is 586 g/mol. The molecule has 4 aromatic rings. The zero-order chi connectivity index (χ0) is 29.6. The van der Waals surface area contributed by atoms with Gasteiger partial charge in [0.2, 0.25) is 5.13 Å². The normalized spacial score (nSPS) is 16.4. The van der Waals surface area contributed by atoms with Gasteiger partial charge >= 0.3 is 5.97 Å². The van der Waals surface area contributed by atoms with Crippen molar-refractivity contribution in [2.75, 3.05) is 13.2 Å². The van der Waals surface area contributed by atoms with E-state index in [4.69, 9.17) is 15.0 Å². The van der Waals surface area contributed by atoms with Crippen LogP contribution in [0.25, 0.3) is 16.4 Å². The first-order valence-corrected chi connectivity index (χ1v) is 15.1. The highest BCUT2D eigenvalue weighted by Crippen LogP contribution is 2.38. The van der Waals surface area contributed by atoms with Crippen LogP contribution in [-0.2, 0) is 28.6 Å². The summed E-state index contributed by atoms with van der Waals surface area (Å²) in [7, 11) is -1.99. The van der Waals surface area contributed by atoms with Crippen LogP contribution in [0.15, 0.2) is 46.7 Å². The zero-order valence-electron chi connectivity index (χ0n) is 22.0. The van der Waals surface area contributed by atoms with Crippen LogP contribution < -0.4 is 5.14 Å². The third kappa shape index (κ3) is 5.77. The van der Waals surface area contributed by atoms with E-state index in [2.05, 4.69) is 16.8 Å². The van der Waals surface area contributed by atoms with Crippen molar-refractivity contribution in [3.05, 3.63) is 81.5 Å². The van der Waals surface area contributed by atoms with E-state index >= 15 is 0 Å². The largest absolute Gasteiger partial charge is 0.476 e. The van der Waals surface area contributed by atoms with Crippen molar-refractivity contribution in [1.82, 2.24) is 14.8 Å². The summed E-state index contributed by atoms with van der Waals surface area (Å²) in [6.45, 7) is 0.0826. The average molecular weight is 611 g/mol. The lowest BCUT2D eigenvalue weighted by atomic mass is 9.96. The van der Waals surface area contributed by atoms with Gasteiger partial charge in [0, 0.05) is 22.9 Å². The fraction of sp³-hybridized carbons (Fsp3) is 0.276. The number of carbonyl (C=O) groups is 1. The molecule has 2 aliphatic rings. The molecule has 2 fully saturated rings. The lowest BCUT2D eigenvalue weighted by Crippen LogP contribution is -2.48. The Morgan fingerprint density at radius 1 is 1.21 bits per heavy atom. The molecule has 1 atom stereocenters. The summed E-state index contributed by atoms with van der Waals surface area (Å²) < 4.78 is 47.9. The van der Waals surface area contributed by atoms with Gasteiger partial charge in [-0.15, -0.1) is 11.3 Å². The summed E-state index contributed by atoms with van der Waals surface area (Å²) in [6.07, 6.45) is 2.89. The minimum Gasteiger partial charge on any atom is -0.476 e. The highest BCUT2D eigenvalue weighted by atomic mass is 32.2. The summed E-state index contributed by atoms with van der Waals surface area (Å²) >= 11 is 1.13. The molecule has 3 heterocycles. The Morgan fingerprint density at radius 2 is 2.00 bits per heavy atom. The number of halogens is 2. The summed E-state index contributed by atoms with van der Waals surface area (Å²) in [5.41, 5.74) is 1.69. The molecule has 0 radical (unpaired) electrons. The predicted octanol–water partition coefficient (Wildman–Crippen LogP) is 3.61. The lowest BCUT2D eigenvalue weighted by Gasteiger charge is -2.30. The van der Waals surface area contributed by atoms with E-state index in [9.17, 15) is 28.0 Å². The van der Waals surface area contributed by atoms with Crippen molar-refractivity contribution < 1.29 is 32.7 Å². The van der Waals surface area contributed by atoms with Gasteiger partial charge in [0.25, 0.3) is 0 Å². The number of ether oxygens (including phenoxy) is 1. The summed E-state index contributed by atoms with van der Waals surface area (Å²) in [6, 6.07) is 8.66. The first-order chi connectivity index (χ1) is 20.1. The molecule has 0 bridgehead atoms. The number of rotatable bonds is 8. The molecule has 6 rings (SSSR count). The molecule has 0 amide bonds. The van der Waals surface area contributed by atoms with Gasteiger partial charge in [-0.05, 0) is 61.1 Å². The Kier molecular flexibility index (Phi) is 7.50. The first kappa shape index (κ1) is 28.3. The number of carboxylic acid groups (broad SMARTS) is 1. The monoisotopic (exact) mass is 610 g/mol. The van der Waals surface area contributed by atoms with E-state index in [1.807, 2.05) is 0 Å². The van der Waals surface area contributed by atoms with Crippen LogP contribution in [0, 0.1) is 29.4 Å². The van der Waals surface area contributed by atoms with Crippen LogP contribution in [-0.4, -0.2) is 54.0 Å². The Balaban J connectivity index is 1.50. The van der Waals surface area contributed by atoms with Crippen molar-refractivity contribution in [1.29, 1.82) is 0 Å². The number of nitrogens with two attached hydrogens (primary N) is 1. The van der Waals surface area contributed by atoms with Gasteiger partial charge in [-0.1, -0.05) is 17.9 Å². The quantitative estimate of drug-likeness (QED) is 0.259. The second-order valence-corrected chi connectivity index (χ2v) is 12.2. The molecule has 2 aromatic carbocycles. The number of aromatic nitrogens is 3. The van der Waals surface area contributed by atoms with E-state index in [-0.39, 0.29) is 35.8 Å². The minimum atomic E-state index is -1.99. The highest BCUT2D eigenvalue weighted by molar-refractivity contribution is 7.82. The number of benzene rings is 2. The highest BCUT2D eigenvalue weighted by Gasteiger charge is 2.34. The van der Waals surface area contributed by atoms with Gasteiger partial charge < -0.3 is 14.9 Å². The van der Waals surface area contributed by atoms with Crippen LogP contribution in [0.3, 0.4) is 0 Å². The van der Waals surface area contributed by atoms with Crippen LogP contribution in [0.1, 0.15) is 45.7 Å². The Morgan fingerprint density at radius 3 is 2.62 bits per heavy atom. The maximum atomic E-state index is 14.8. The number of hydrogen-bond acceptors (Lipinski definition) is 7. The van der Waals surface area contributed by atoms with Crippen LogP contribution in [0.4, 0.5) is 8.78 Å². The fourth-order valence-electron chi connectivity index (χ4n) is 4.67. The average Bonchev–Trinajstić information content (AvgIpc) is 3.49. The number of hydrogen-bond donors (Lipinski definition) is 3. The maximum absolute atomic E-state index is 14.8. The molecular formula is C29H24F2N4O5S2. The molecule has 1 aliphatic heterocycles. The van der Waals surface area contributed by atoms with Crippen LogP contribution in [0.2, 0.25) is 0 Å². The first-order valence-electron chi connectivity index (χ1n) is 13.0. The third-order valence-electron chi connectivity index (χ3n) is 7.11. The van der Waals surface area contributed by atoms with Gasteiger partial charge in [-0.2, -0.15) is 5.10 Å². The van der Waals surface area contributed by atoms with Crippen LogP contribution >= 0.6 is 11.3 Å². The second-order valence-electron chi connectivity index (χ2n) is 10.4. The zero-order valence-corrected chi connectivity index (χ0v) is 23.6. The molecule has 9 nitrogen and oxygen atoms in total. The number of aliphatic hydroxyl groups is 1. The Labute approximate surface area is 245 Å². The Bertz CT molecular complexity index is 1800. The van der Waals surface area contributed by atoms with Crippen molar-refractivity contribution in [2.45, 2.75) is 36.2 Å². The van der Waals surface area contributed by atoms with E-state index in [1.54, 1.807) is 16.8 Å². The standard InChI is InChI=1S/C29H24F2N4O5S2/c30-21-5-4-19(12-18(21)7-8-29(38)14-40-15-29)26-20(9-17-3-6-25(42(32)39)22(31)10-17)24(11-16-1-2-16)35(34-26)28-33-23(13-41-28)27(36)37/h3-6,10,12-13,16,38H,1-2,9,11,14-15,32H2,(H,36,37). The summed E-state index contributed by atoms with van der Waals surface area (Å²) in [5.74, 6) is 3.34. The van der Waals surface area contributed by atoms with E-state index in [0.717, 1.165) is 35.4 Å².